The van der Waals surface area contributed by atoms with Crippen molar-refractivity contribution in [2.24, 2.45) is 0 Å². The molecule has 0 fully saturated rings. The van der Waals surface area contributed by atoms with Crippen LogP contribution in [-0.2, 0) is 21.9 Å². The number of hydrogen-bond acceptors (Lipinski definition) is 1. The molecule has 0 aromatic rings. The van der Waals surface area contributed by atoms with Gasteiger partial charge in [0.05, 0.1) is 0 Å². The van der Waals surface area contributed by atoms with Gasteiger partial charge in [-0.3, -0.25) is 0 Å². The van der Waals surface area contributed by atoms with Crippen LogP contribution in [0.1, 0.15) is 5.71 Å². The van der Waals surface area contributed by atoms with Gasteiger partial charge in [-0.1, -0.05) is 0 Å². The Balaban J connectivity index is -0.00000000300. The first-order valence-corrected chi connectivity index (χ1v) is 2.69. The Morgan fingerprint density at radius 2 is 1.50 bits per heavy atom. The van der Waals surface area contributed by atoms with Crippen molar-refractivity contribution in [3.8, 4) is 0 Å². The molecular formula is H6CaO3SrTi. The molecule has 0 heterocycles. The minimum Gasteiger partial charge on any atom is 2.00 e. The largest absolute Gasteiger partial charge is 2.00 e. The average Bonchev–Trinajstić information content (AvgIpc) is 0.811. The summed E-state index contributed by atoms with van der Waals surface area (Å²) in [7, 11) is 0. The Labute approximate surface area is 115 Å². The van der Waals surface area contributed by atoms with Crippen molar-refractivity contribution in [1.29, 1.82) is 0 Å². The second-order valence-corrected chi connectivity index (χ2v) is 1.17. The molecule has 0 saturated carbocycles. The monoisotopic (exact) mass is 230 g/mol. The summed E-state index contributed by atoms with van der Waals surface area (Å²) < 4.78 is 23.2. The molecule has 0 amide bonds. The molecule has 6 heteroatoms. The van der Waals surface area contributed by atoms with Crippen molar-refractivity contribution < 1.29 is 35.0 Å². The molecule has 0 radical (unpaired) electrons. The van der Waals surface area contributed by atoms with E-state index in [1.807, 2.05) is 0 Å². The second kappa shape index (κ2) is 11.0. The van der Waals surface area contributed by atoms with Crippen LogP contribution < -0.4 is 0 Å². The maximum atomic E-state index is 8.81. The average molecular weight is 230 g/mol. The summed E-state index contributed by atoms with van der Waals surface area (Å²) in [6.07, 6.45) is 0. The van der Waals surface area contributed by atoms with Crippen molar-refractivity contribution >= 4 is 83.2 Å². The molecule has 3 nitrogen and oxygen atoms in total. The van der Waals surface area contributed by atoms with E-state index in [0.29, 0.717) is 0 Å². The van der Waals surface area contributed by atoms with Crippen molar-refractivity contribution in [2.45, 2.75) is 0 Å². The standard InChI is InChI=1S/Ca.2H2O.O.Sr.Ti.4H/h;2*1H2;;;;;;;/q+2;;;;2*+2;4*-1/p-2. The van der Waals surface area contributed by atoms with E-state index in [1.165, 1.54) is 0 Å². The Morgan fingerprint density at radius 1 is 1.50 bits per heavy atom. The minimum atomic E-state index is -3.58. The Kier molecular flexibility index (Phi) is 29.6. The van der Waals surface area contributed by atoms with Gasteiger partial charge in [-0.2, -0.15) is 0 Å². The van der Waals surface area contributed by atoms with Crippen molar-refractivity contribution in [1.82, 2.24) is 0 Å². The van der Waals surface area contributed by atoms with Gasteiger partial charge in [-0.15, -0.1) is 0 Å². The van der Waals surface area contributed by atoms with Gasteiger partial charge in [0.25, 0.3) is 0 Å². The maximum absolute atomic E-state index is 8.81. The van der Waals surface area contributed by atoms with Crippen LogP contribution in [0.3, 0.4) is 0 Å². The second-order valence-electron chi connectivity index (χ2n) is 0.283. The van der Waals surface area contributed by atoms with E-state index >= 15 is 0 Å². The van der Waals surface area contributed by atoms with E-state index in [4.69, 9.17) is 10.7 Å². The SMILES string of the molecule is [Ca+2].[H-].[H-].[H-].[H-].[O]=[Ti]([OH])[OH].[Sr+2]. The molecule has 0 aliphatic heterocycles. The fourth-order valence-electron chi connectivity index (χ4n) is 0. The Hall–Kier alpha value is 3.17. The molecule has 0 atom stereocenters. The predicted octanol–water partition coefficient (Wildman–Crippen LogP) is -1.55. The first-order valence-electron chi connectivity index (χ1n) is 0.651. The Bertz CT molecular complexity index is 43.5. The van der Waals surface area contributed by atoms with Gasteiger partial charge in [0, 0.05) is 0 Å². The van der Waals surface area contributed by atoms with Crippen LogP contribution in [0.4, 0.5) is 0 Å². The third-order valence-corrected chi connectivity index (χ3v) is 0. The van der Waals surface area contributed by atoms with E-state index in [0.717, 1.165) is 0 Å². The molecule has 0 aromatic heterocycles. The summed E-state index contributed by atoms with van der Waals surface area (Å²) >= 11 is -3.58. The zero-order valence-electron chi connectivity index (χ0n) is 7.22. The van der Waals surface area contributed by atoms with Crippen LogP contribution in [0.25, 0.3) is 0 Å². The minimum absolute atomic E-state index is 0. The number of hydrogen-bond donors (Lipinski definition) is 2. The van der Waals surface area contributed by atoms with Gasteiger partial charge in [0.2, 0.25) is 0 Å². The van der Waals surface area contributed by atoms with Gasteiger partial charge in [-0.05, 0) is 0 Å². The number of rotatable bonds is 0. The molecule has 0 saturated heterocycles. The molecule has 0 aromatic carbocycles. The van der Waals surface area contributed by atoms with Gasteiger partial charge in [-0.25, -0.2) is 0 Å². The zero-order chi connectivity index (χ0) is 3.58. The van der Waals surface area contributed by atoms with Gasteiger partial charge in [0.15, 0.2) is 0 Å². The normalized spacial score (nSPS) is 4.33. The van der Waals surface area contributed by atoms with Crippen molar-refractivity contribution in [3.63, 3.8) is 0 Å². The van der Waals surface area contributed by atoms with Crippen LogP contribution in [0.5, 0.6) is 0 Å². The molecule has 0 bridgehead atoms. The summed E-state index contributed by atoms with van der Waals surface area (Å²) in [5.74, 6) is 0. The van der Waals surface area contributed by atoms with E-state index < -0.39 is 18.6 Å². The first-order chi connectivity index (χ1) is 1.73. The molecule has 2 N–H and O–H groups in total. The van der Waals surface area contributed by atoms with E-state index in [9.17, 15) is 0 Å². The third kappa shape index (κ3) is 27.1. The molecule has 32 valence electrons. The van der Waals surface area contributed by atoms with Crippen molar-refractivity contribution in [2.75, 3.05) is 0 Å². The maximum Gasteiger partial charge on any atom is 2.00 e. The van der Waals surface area contributed by atoms with Gasteiger partial charge in [0.1, 0.15) is 0 Å². The summed E-state index contributed by atoms with van der Waals surface area (Å²) in [4.78, 5) is 0. The quantitative estimate of drug-likeness (QED) is 0.495. The molecule has 0 aliphatic carbocycles. The van der Waals surface area contributed by atoms with Crippen LogP contribution >= 0.6 is 0 Å². The van der Waals surface area contributed by atoms with Crippen molar-refractivity contribution in [3.05, 3.63) is 0 Å². The fourth-order valence-corrected chi connectivity index (χ4v) is 0. The third-order valence-electron chi connectivity index (χ3n) is 0. The summed E-state index contributed by atoms with van der Waals surface area (Å²) in [5.41, 5.74) is 0. The van der Waals surface area contributed by atoms with E-state index in [1.54, 1.807) is 0 Å². The summed E-state index contributed by atoms with van der Waals surface area (Å²) in [6, 6.07) is 0. The van der Waals surface area contributed by atoms with Crippen LogP contribution in [0.15, 0.2) is 0 Å². The first kappa shape index (κ1) is 16.1. The van der Waals surface area contributed by atoms with Gasteiger partial charge < -0.3 is 5.71 Å². The fraction of sp³-hybridized carbons (Fsp3) is 0. The Morgan fingerprint density at radius 3 is 1.50 bits per heavy atom. The smallest absolute Gasteiger partial charge is 2.00 e. The van der Waals surface area contributed by atoms with Crippen LogP contribution in [-0.4, -0.2) is 90.6 Å². The van der Waals surface area contributed by atoms with Crippen LogP contribution in [0, 0.1) is 0 Å². The van der Waals surface area contributed by atoms with Crippen LogP contribution in [0.2, 0.25) is 0 Å². The molecule has 6 heavy (non-hydrogen) atoms. The molecule has 0 rings (SSSR count). The summed E-state index contributed by atoms with van der Waals surface area (Å²) in [6.45, 7) is 0. The zero-order valence-corrected chi connectivity index (χ0v) is 10.5. The predicted molar refractivity (Wildman–Crippen MR) is 21.1 cm³/mol. The van der Waals surface area contributed by atoms with E-state index in [-0.39, 0.29) is 88.9 Å². The summed E-state index contributed by atoms with van der Waals surface area (Å²) in [5, 5.41) is 0. The van der Waals surface area contributed by atoms with E-state index in [2.05, 4.69) is 0 Å². The molecule has 0 unspecified atom stereocenters. The molecular weight excluding hydrogens is 224 g/mol. The molecule has 0 spiro atoms. The molecule has 0 aliphatic rings. The topological polar surface area (TPSA) is 57.5 Å². The van der Waals surface area contributed by atoms with Gasteiger partial charge >= 0.3 is 113 Å².